The van der Waals surface area contributed by atoms with Crippen LogP contribution in [-0.2, 0) is 22.4 Å². The number of halogens is 2. The first-order valence-corrected chi connectivity index (χ1v) is 19.8. The second-order valence-electron chi connectivity index (χ2n) is 11.7. The molecule has 5 atom stereocenters. The van der Waals surface area contributed by atoms with Crippen LogP contribution in [0.25, 0.3) is 6.08 Å². The van der Waals surface area contributed by atoms with Crippen LogP contribution in [-0.4, -0.2) is 13.2 Å². The number of phenols is 1. The second kappa shape index (κ2) is 12.6. The van der Waals surface area contributed by atoms with Crippen LogP contribution in [0.4, 0.5) is 0 Å². The molecule has 5 heteroatoms. The third-order valence-electron chi connectivity index (χ3n) is 9.14. The van der Waals surface area contributed by atoms with Crippen molar-refractivity contribution in [2.24, 2.45) is 17.8 Å². The van der Waals surface area contributed by atoms with E-state index in [9.17, 15) is 5.11 Å². The molecular weight excluding hydrogens is 535 g/mol. The zero-order valence-corrected chi connectivity index (χ0v) is 27.7. The van der Waals surface area contributed by atoms with E-state index in [2.05, 4.69) is 104 Å². The van der Waals surface area contributed by atoms with E-state index in [1.807, 2.05) is 0 Å². The molecule has 1 nitrogen and oxygen atoms in total. The van der Waals surface area contributed by atoms with Gasteiger partial charge in [0.05, 0.1) is 8.07 Å². The van der Waals surface area contributed by atoms with Crippen LogP contribution < -0.4 is 5.19 Å². The van der Waals surface area contributed by atoms with E-state index in [1.165, 1.54) is 28.4 Å². The average molecular weight is 581 g/mol. The molecule has 1 N–H and O–H groups in total. The molecule has 1 fully saturated rings. The van der Waals surface area contributed by atoms with Gasteiger partial charge >= 0.3 is 35.6 Å². The van der Waals surface area contributed by atoms with E-state index in [0.29, 0.717) is 35.0 Å². The van der Waals surface area contributed by atoms with E-state index >= 15 is 0 Å². The molecule has 198 valence electrons. The Labute approximate surface area is 238 Å². The maximum atomic E-state index is 11.7. The molecule has 2 aromatic carbocycles. The monoisotopic (exact) mass is 579 g/mol. The average Bonchev–Trinajstić information content (AvgIpc) is 3.08. The van der Waals surface area contributed by atoms with Gasteiger partial charge in [-0.05, 0) is 63.4 Å². The van der Waals surface area contributed by atoms with E-state index in [-0.39, 0.29) is 12.8 Å². The number of benzene rings is 2. The van der Waals surface area contributed by atoms with Crippen molar-refractivity contribution in [1.29, 1.82) is 0 Å². The van der Waals surface area contributed by atoms with Gasteiger partial charge in [0.15, 0.2) is 0 Å². The quantitative estimate of drug-likeness (QED) is 0.282. The maximum absolute atomic E-state index is 11.7. The first-order chi connectivity index (χ1) is 16.5. The molecule has 36 heavy (non-hydrogen) atoms. The van der Waals surface area contributed by atoms with Gasteiger partial charge < -0.3 is 12.5 Å². The van der Waals surface area contributed by atoms with Crippen molar-refractivity contribution in [2.45, 2.75) is 84.4 Å². The van der Waals surface area contributed by atoms with Crippen molar-refractivity contribution in [2.75, 3.05) is 0 Å². The zero-order chi connectivity index (χ0) is 26.1. The molecule has 0 amide bonds. The topological polar surface area (TPSA) is 20.2 Å². The Morgan fingerprint density at radius 3 is 2.14 bits per heavy atom. The van der Waals surface area contributed by atoms with Gasteiger partial charge in [0.2, 0.25) is 0 Å². The molecule has 4 rings (SSSR count). The van der Waals surface area contributed by atoms with Crippen LogP contribution in [0.5, 0.6) is 5.75 Å². The molecule has 0 spiro atoms. The van der Waals surface area contributed by atoms with Crippen molar-refractivity contribution in [3.05, 3.63) is 72.2 Å². The number of allylic oxidation sites excluding steroid dienone is 1. The molecule has 0 heterocycles. The van der Waals surface area contributed by atoms with Crippen molar-refractivity contribution < 1.29 is 22.1 Å². The van der Waals surface area contributed by atoms with Crippen molar-refractivity contribution in [3.8, 4) is 5.75 Å². The van der Waals surface area contributed by atoms with Crippen LogP contribution in [0, 0.1) is 32.1 Å². The fourth-order valence-electron chi connectivity index (χ4n) is 7.37. The first kappa shape index (κ1) is 31.7. The molecule has 2 aromatic rings. The van der Waals surface area contributed by atoms with Crippen LogP contribution in [0.2, 0.25) is 17.6 Å². The summed E-state index contributed by atoms with van der Waals surface area (Å²) in [6.45, 7) is 18.7. The number of aromatic hydroxyl groups is 1. The van der Waals surface area contributed by atoms with Gasteiger partial charge in [-0.3, -0.25) is 0 Å². The van der Waals surface area contributed by atoms with Crippen LogP contribution in [0.3, 0.4) is 0 Å². The molecule has 0 radical (unpaired) electrons. The van der Waals surface area contributed by atoms with Crippen molar-refractivity contribution >= 4 is 37.9 Å². The third-order valence-corrected chi connectivity index (χ3v) is 15.3. The molecular formula is C31H45Cl2OSiTi-. The molecule has 0 saturated heterocycles. The third kappa shape index (κ3) is 5.60. The summed E-state index contributed by atoms with van der Waals surface area (Å²) in [5.74, 6) is 3.05. The van der Waals surface area contributed by atoms with E-state index in [1.54, 1.807) is 5.56 Å². The molecule has 0 bridgehead atoms. The van der Waals surface area contributed by atoms with Crippen LogP contribution in [0.15, 0.2) is 42.5 Å². The molecule has 2 aliphatic rings. The number of phenolic OH excluding ortho intramolecular Hbond substituents is 1. The summed E-state index contributed by atoms with van der Waals surface area (Å²) in [4.78, 5) is 0. The van der Waals surface area contributed by atoms with Gasteiger partial charge in [0.1, 0.15) is 5.75 Å². The minimum atomic E-state index is -2.01. The van der Waals surface area contributed by atoms with E-state index < -0.39 is 25.1 Å². The predicted molar refractivity (Wildman–Crippen MR) is 160 cm³/mol. The van der Waals surface area contributed by atoms with Crippen molar-refractivity contribution in [1.82, 2.24) is 0 Å². The summed E-state index contributed by atoms with van der Waals surface area (Å²) in [6, 6.07) is 16.0. The summed E-state index contributed by atoms with van der Waals surface area (Å²) in [7, 11) is 7.77. The summed E-state index contributed by atoms with van der Waals surface area (Å²) >= 11 is -0.556. The zero-order valence-electron chi connectivity index (χ0n) is 23.6. The van der Waals surface area contributed by atoms with Gasteiger partial charge in [-0.15, -0.1) is 0 Å². The first-order valence-electron chi connectivity index (χ1n) is 13.1. The van der Waals surface area contributed by atoms with Gasteiger partial charge in [-0.25, -0.2) is 0 Å². The summed E-state index contributed by atoms with van der Waals surface area (Å²) in [5.41, 5.74) is 5.94. The Balaban J connectivity index is 0.00000109. The van der Waals surface area contributed by atoms with E-state index in [4.69, 9.17) is 18.6 Å². The van der Waals surface area contributed by atoms with Crippen LogP contribution in [0.1, 0.15) is 76.6 Å². The summed E-state index contributed by atoms with van der Waals surface area (Å²) in [5, 5.41) is 13.1. The Morgan fingerprint density at radius 1 is 1.00 bits per heavy atom. The second-order valence-corrected chi connectivity index (χ2v) is 19.2. The fraction of sp³-hybridized carbons (Fsp3) is 0.516. The summed E-state index contributed by atoms with van der Waals surface area (Å²) in [6.07, 6.45) is 4.93. The van der Waals surface area contributed by atoms with Gasteiger partial charge in [-0.2, -0.15) is 0 Å². The number of aryl methyl sites for hydroxylation is 1. The number of rotatable bonds is 4. The van der Waals surface area contributed by atoms with Crippen molar-refractivity contribution in [3.63, 3.8) is 0 Å². The SMILES string of the molecule is CC[Si](CC)(c1cc(C)cc(C(C)(C)C)c1O)C1C2C=Cc3ccccc3C2C(C)[C@H]1C.[CH3-].[Cl][Ti][Cl]. The van der Waals surface area contributed by atoms with Crippen LogP contribution >= 0.6 is 18.6 Å². The fourth-order valence-corrected chi connectivity index (χ4v) is 13.4. The van der Waals surface area contributed by atoms with Gasteiger partial charge in [0, 0.05) is 0 Å². The number of hydrogen-bond acceptors (Lipinski definition) is 1. The molecule has 0 aliphatic heterocycles. The van der Waals surface area contributed by atoms with E-state index in [0.717, 1.165) is 5.56 Å². The Bertz CT molecular complexity index is 1060. The normalized spacial score (nSPS) is 24.7. The Morgan fingerprint density at radius 2 is 1.58 bits per heavy atom. The predicted octanol–water partition coefficient (Wildman–Crippen LogP) is 9.60. The molecule has 2 aliphatic carbocycles. The molecule has 1 saturated carbocycles. The summed E-state index contributed by atoms with van der Waals surface area (Å²) < 4.78 is 0. The molecule has 4 unspecified atom stereocenters. The minimum absolute atomic E-state index is 0. The Hall–Kier alpha value is -0.509. The Kier molecular flexibility index (Phi) is 11.1. The molecule has 0 aromatic heterocycles. The van der Waals surface area contributed by atoms with Gasteiger partial charge in [-0.1, -0.05) is 115 Å². The van der Waals surface area contributed by atoms with Gasteiger partial charge in [0.25, 0.3) is 0 Å². The standard InChI is InChI=1S/C30H42OSi.CH3.2ClH.Ti/c1-9-32(10-2,26-18-19(3)17-25(28(26)31)30(6,7)8)29-21(5)20(4)27-23-14-12-11-13-22(23)15-16-24(27)29;;;;/h11-18,20-21,24,27,29,31H,9-10H2,1-8H3;1H3;2*1H;/q;-1;;;+2/p-2/t20?,21-,24?,27?,29?;;;;/m1..../s1. The number of fused-ring (bicyclic) bond motifs is 3. The number of hydrogen-bond donors (Lipinski definition) is 1.